The molecular formula is C16H26F3IN4O3S. The van der Waals surface area contributed by atoms with E-state index in [1.165, 1.54) is 12.5 Å². The topological polar surface area (TPSA) is 92.7 Å². The van der Waals surface area contributed by atoms with Gasteiger partial charge in [0.25, 0.3) is 0 Å². The molecule has 0 saturated heterocycles. The van der Waals surface area contributed by atoms with Crippen molar-refractivity contribution in [1.29, 1.82) is 0 Å². The monoisotopic (exact) mass is 538 g/mol. The lowest BCUT2D eigenvalue weighted by atomic mass is 10.2. The van der Waals surface area contributed by atoms with Crippen molar-refractivity contribution >= 4 is 39.8 Å². The molecule has 7 nitrogen and oxygen atoms in total. The molecule has 1 rings (SSSR count). The maximum absolute atomic E-state index is 12.3. The fourth-order valence-electron chi connectivity index (χ4n) is 2.01. The van der Waals surface area contributed by atoms with Gasteiger partial charge in [0.2, 0.25) is 5.88 Å². The molecule has 0 saturated carbocycles. The second-order valence-electron chi connectivity index (χ2n) is 6.03. The first-order chi connectivity index (χ1) is 12.5. The molecule has 0 bridgehead atoms. The van der Waals surface area contributed by atoms with Crippen LogP contribution in [0.25, 0.3) is 0 Å². The molecule has 1 atom stereocenters. The number of alkyl halides is 3. The van der Waals surface area contributed by atoms with Gasteiger partial charge in [0, 0.05) is 30.6 Å². The van der Waals surface area contributed by atoms with Crippen LogP contribution < -0.4 is 15.4 Å². The summed E-state index contributed by atoms with van der Waals surface area (Å²) in [4.78, 5) is 8.14. The molecule has 1 unspecified atom stereocenters. The molecule has 0 aliphatic rings. The minimum absolute atomic E-state index is 0. The summed E-state index contributed by atoms with van der Waals surface area (Å²) in [6.45, 7) is 2.87. The van der Waals surface area contributed by atoms with Crippen LogP contribution in [0, 0.1) is 0 Å². The minimum Gasteiger partial charge on any atom is -0.468 e. The van der Waals surface area contributed by atoms with Gasteiger partial charge >= 0.3 is 6.18 Å². The van der Waals surface area contributed by atoms with Crippen LogP contribution in [0.4, 0.5) is 13.2 Å². The Morgan fingerprint density at radius 2 is 2.07 bits per heavy atom. The molecule has 12 heteroatoms. The average Bonchev–Trinajstić information content (AvgIpc) is 2.55. The molecule has 28 heavy (non-hydrogen) atoms. The zero-order chi connectivity index (χ0) is 20.5. The number of nitrogens with one attached hydrogen (secondary N) is 2. The lowest BCUT2D eigenvalue weighted by Crippen LogP contribution is -2.42. The van der Waals surface area contributed by atoms with Crippen LogP contribution in [0.2, 0.25) is 0 Å². The van der Waals surface area contributed by atoms with Gasteiger partial charge in [-0.2, -0.15) is 13.2 Å². The molecule has 1 aromatic heterocycles. The molecular weight excluding hydrogens is 512 g/mol. The van der Waals surface area contributed by atoms with Crippen molar-refractivity contribution in [3.05, 3.63) is 23.9 Å². The van der Waals surface area contributed by atoms with Crippen LogP contribution in [0.3, 0.4) is 0 Å². The first kappa shape index (κ1) is 26.7. The van der Waals surface area contributed by atoms with Crippen molar-refractivity contribution in [3.8, 4) is 5.88 Å². The van der Waals surface area contributed by atoms with E-state index in [9.17, 15) is 21.6 Å². The molecule has 0 aromatic carbocycles. The molecule has 0 aliphatic heterocycles. The summed E-state index contributed by atoms with van der Waals surface area (Å²) in [5.74, 6) is 0.335. The number of guanidine groups is 1. The standard InChI is InChI=1S/C16H25F3N4O3S.HI/c1-4-20-15(23-12(2)7-9-27(3,24)25)22-10-13-6-5-8-21-14(13)26-11-16(17,18)19;/h5-6,8,12H,4,7,9-11H2,1-3H3,(H2,20,22,23);1H. The smallest absolute Gasteiger partial charge is 0.422 e. The maximum atomic E-state index is 12.3. The summed E-state index contributed by atoms with van der Waals surface area (Å²) in [6, 6.07) is 3.01. The number of aromatic nitrogens is 1. The predicted molar refractivity (Wildman–Crippen MR) is 113 cm³/mol. The molecule has 2 N–H and O–H groups in total. The van der Waals surface area contributed by atoms with Gasteiger partial charge in [0.05, 0.1) is 12.3 Å². The van der Waals surface area contributed by atoms with Crippen LogP contribution in [0.15, 0.2) is 23.3 Å². The summed E-state index contributed by atoms with van der Waals surface area (Å²) in [5.41, 5.74) is 0.405. The van der Waals surface area contributed by atoms with Crippen molar-refractivity contribution in [2.45, 2.75) is 39.0 Å². The van der Waals surface area contributed by atoms with Gasteiger partial charge in [0.1, 0.15) is 9.84 Å². The zero-order valence-electron chi connectivity index (χ0n) is 15.9. The van der Waals surface area contributed by atoms with Crippen LogP contribution >= 0.6 is 24.0 Å². The Morgan fingerprint density at radius 1 is 1.39 bits per heavy atom. The SMILES string of the molecule is CCNC(=NCc1cccnc1OCC(F)(F)F)NC(C)CCS(C)(=O)=O.I. The number of ether oxygens (including phenoxy) is 1. The fourth-order valence-corrected chi connectivity index (χ4v) is 2.79. The Balaban J connectivity index is 0.00000729. The second kappa shape index (κ2) is 12.3. The number of hydrogen-bond acceptors (Lipinski definition) is 5. The van der Waals surface area contributed by atoms with Gasteiger partial charge in [-0.25, -0.2) is 18.4 Å². The van der Waals surface area contributed by atoms with Gasteiger partial charge in [-0.05, 0) is 26.3 Å². The van der Waals surface area contributed by atoms with Gasteiger partial charge in [-0.3, -0.25) is 0 Å². The Kier molecular flexibility index (Phi) is 11.7. The highest BCUT2D eigenvalue weighted by atomic mass is 127. The third-order valence-corrected chi connectivity index (χ3v) is 4.26. The normalized spacial score (nSPS) is 13.4. The Hall–Kier alpha value is -1.31. The van der Waals surface area contributed by atoms with E-state index < -0.39 is 22.6 Å². The maximum Gasteiger partial charge on any atom is 0.422 e. The molecule has 0 fully saturated rings. The van der Waals surface area contributed by atoms with Crippen molar-refractivity contribution in [2.75, 3.05) is 25.2 Å². The van der Waals surface area contributed by atoms with E-state index in [4.69, 9.17) is 4.74 Å². The van der Waals surface area contributed by atoms with E-state index in [0.717, 1.165) is 0 Å². The molecule has 0 spiro atoms. The number of sulfone groups is 1. The average molecular weight is 538 g/mol. The van der Waals surface area contributed by atoms with Crippen molar-refractivity contribution in [1.82, 2.24) is 15.6 Å². The summed E-state index contributed by atoms with van der Waals surface area (Å²) in [5, 5.41) is 6.07. The third-order valence-electron chi connectivity index (χ3n) is 3.28. The summed E-state index contributed by atoms with van der Waals surface area (Å²) >= 11 is 0. The first-order valence-electron chi connectivity index (χ1n) is 8.36. The van der Waals surface area contributed by atoms with Crippen LogP contribution in [-0.4, -0.2) is 56.7 Å². The third kappa shape index (κ3) is 12.2. The van der Waals surface area contributed by atoms with Crippen LogP contribution in [0.1, 0.15) is 25.8 Å². The summed E-state index contributed by atoms with van der Waals surface area (Å²) in [6.07, 6.45) is -1.54. The first-order valence-corrected chi connectivity index (χ1v) is 10.4. The van der Waals surface area contributed by atoms with E-state index >= 15 is 0 Å². The highest BCUT2D eigenvalue weighted by Gasteiger charge is 2.29. The molecule has 1 heterocycles. The quantitative estimate of drug-likeness (QED) is 0.285. The number of nitrogens with zero attached hydrogens (tertiary/aromatic N) is 2. The van der Waals surface area contributed by atoms with Crippen molar-refractivity contribution in [2.24, 2.45) is 4.99 Å². The minimum atomic E-state index is -4.45. The highest BCUT2D eigenvalue weighted by molar-refractivity contribution is 14.0. The predicted octanol–water partition coefficient (Wildman–Crippen LogP) is 2.52. The number of aliphatic imine (C=N–C) groups is 1. The number of pyridine rings is 1. The molecule has 0 radical (unpaired) electrons. The molecule has 0 amide bonds. The number of rotatable bonds is 9. The van der Waals surface area contributed by atoms with Crippen LogP contribution in [-0.2, 0) is 16.4 Å². The largest absolute Gasteiger partial charge is 0.468 e. The lowest BCUT2D eigenvalue weighted by molar-refractivity contribution is -0.154. The van der Waals surface area contributed by atoms with Gasteiger partial charge in [-0.15, -0.1) is 24.0 Å². The van der Waals surface area contributed by atoms with Crippen molar-refractivity contribution in [3.63, 3.8) is 0 Å². The van der Waals surface area contributed by atoms with E-state index in [1.54, 1.807) is 12.1 Å². The van der Waals surface area contributed by atoms with E-state index in [1.807, 2.05) is 13.8 Å². The summed E-state index contributed by atoms with van der Waals surface area (Å²) < 4.78 is 64.3. The second-order valence-corrected chi connectivity index (χ2v) is 8.29. The molecule has 162 valence electrons. The lowest BCUT2D eigenvalue weighted by Gasteiger charge is -2.17. The van der Waals surface area contributed by atoms with E-state index in [0.29, 0.717) is 24.5 Å². The zero-order valence-corrected chi connectivity index (χ0v) is 19.1. The van der Waals surface area contributed by atoms with Gasteiger partial charge in [-0.1, -0.05) is 6.07 Å². The van der Waals surface area contributed by atoms with Gasteiger partial charge in [0.15, 0.2) is 12.6 Å². The fraction of sp³-hybridized carbons (Fsp3) is 0.625. The Morgan fingerprint density at radius 3 is 2.64 bits per heavy atom. The Labute approximate surface area is 180 Å². The highest BCUT2D eigenvalue weighted by Crippen LogP contribution is 2.20. The molecule has 1 aromatic rings. The van der Waals surface area contributed by atoms with Gasteiger partial charge < -0.3 is 15.4 Å². The van der Waals surface area contributed by atoms with E-state index in [2.05, 4.69) is 20.6 Å². The number of halogens is 4. The van der Waals surface area contributed by atoms with Crippen molar-refractivity contribution < 1.29 is 26.3 Å². The Bertz CT molecular complexity index is 730. The summed E-state index contributed by atoms with van der Waals surface area (Å²) in [7, 11) is -3.06. The van der Waals surface area contributed by atoms with Crippen LogP contribution in [0.5, 0.6) is 5.88 Å². The molecule has 0 aliphatic carbocycles. The van der Waals surface area contributed by atoms with E-state index in [-0.39, 0.29) is 48.2 Å². The number of hydrogen-bond donors (Lipinski definition) is 2.